The van der Waals surface area contributed by atoms with Crippen molar-refractivity contribution in [2.75, 3.05) is 40.0 Å². The van der Waals surface area contributed by atoms with E-state index >= 15 is 0 Å². The van der Waals surface area contributed by atoms with Crippen molar-refractivity contribution >= 4 is 5.91 Å². The first-order chi connectivity index (χ1) is 14.8. The fourth-order valence-electron chi connectivity index (χ4n) is 4.32. The Bertz CT molecular complexity index is 836. The average molecular weight is 415 g/mol. The van der Waals surface area contributed by atoms with E-state index < -0.39 is 0 Å². The number of rotatable bonds is 8. The van der Waals surface area contributed by atoms with Crippen LogP contribution >= 0.6 is 0 Å². The molecule has 1 aromatic heterocycles. The summed E-state index contributed by atoms with van der Waals surface area (Å²) in [6.07, 6.45) is 3.20. The first kappa shape index (κ1) is 20.7. The number of hydrogen-bond acceptors (Lipinski definition) is 7. The molecule has 1 aromatic carbocycles. The number of hydrogen-bond donors (Lipinski definition) is 0. The number of tetrazole rings is 1. The summed E-state index contributed by atoms with van der Waals surface area (Å²) in [5.74, 6) is 1.88. The van der Waals surface area contributed by atoms with Gasteiger partial charge in [-0.25, -0.2) is 4.68 Å². The SMILES string of the molecule is COc1ccccc1[C@@H]1CCCN1C(=O)CCCn1nnnc1CN1CCOCC1. The number of aromatic nitrogens is 4. The van der Waals surface area contributed by atoms with Gasteiger partial charge in [0.2, 0.25) is 5.91 Å². The maximum Gasteiger partial charge on any atom is 0.223 e. The van der Waals surface area contributed by atoms with Crippen LogP contribution in [-0.2, 0) is 22.6 Å². The fourth-order valence-corrected chi connectivity index (χ4v) is 4.32. The Morgan fingerprint density at radius 1 is 1.23 bits per heavy atom. The smallest absolute Gasteiger partial charge is 0.223 e. The molecule has 2 fully saturated rings. The molecule has 2 aromatic rings. The number of aryl methyl sites for hydroxylation is 1. The molecule has 0 saturated carbocycles. The highest BCUT2D eigenvalue weighted by Crippen LogP contribution is 2.37. The molecule has 0 aliphatic carbocycles. The van der Waals surface area contributed by atoms with Gasteiger partial charge in [0, 0.05) is 38.2 Å². The number of amides is 1. The molecule has 2 saturated heterocycles. The van der Waals surface area contributed by atoms with Crippen LogP contribution in [0.3, 0.4) is 0 Å². The third-order valence-electron chi connectivity index (χ3n) is 5.91. The molecule has 2 aliphatic heterocycles. The van der Waals surface area contributed by atoms with Gasteiger partial charge in [0.25, 0.3) is 0 Å². The number of carbonyl (C=O) groups is 1. The summed E-state index contributed by atoms with van der Waals surface area (Å²) >= 11 is 0. The Kier molecular flexibility index (Phi) is 6.91. The normalized spacial score (nSPS) is 19.9. The fraction of sp³-hybridized carbons (Fsp3) is 0.619. The van der Waals surface area contributed by atoms with Gasteiger partial charge in [0.05, 0.1) is 32.9 Å². The lowest BCUT2D eigenvalue weighted by atomic mass is 10.0. The van der Waals surface area contributed by atoms with Crippen molar-refractivity contribution in [1.29, 1.82) is 0 Å². The van der Waals surface area contributed by atoms with Crippen molar-refractivity contribution < 1.29 is 14.3 Å². The Labute approximate surface area is 176 Å². The number of ether oxygens (including phenoxy) is 2. The lowest BCUT2D eigenvalue weighted by Gasteiger charge is -2.26. The summed E-state index contributed by atoms with van der Waals surface area (Å²) in [7, 11) is 1.68. The second kappa shape index (κ2) is 9.99. The number of para-hydroxylation sites is 1. The van der Waals surface area contributed by atoms with Crippen molar-refractivity contribution in [2.45, 2.75) is 44.8 Å². The van der Waals surface area contributed by atoms with Gasteiger partial charge < -0.3 is 14.4 Å². The van der Waals surface area contributed by atoms with Crippen LogP contribution in [0.25, 0.3) is 0 Å². The number of morpholine rings is 1. The van der Waals surface area contributed by atoms with Crippen molar-refractivity contribution in [3.8, 4) is 5.75 Å². The van der Waals surface area contributed by atoms with E-state index in [1.54, 1.807) is 7.11 Å². The highest BCUT2D eigenvalue weighted by atomic mass is 16.5. The molecule has 0 radical (unpaired) electrons. The van der Waals surface area contributed by atoms with Crippen LogP contribution in [0, 0.1) is 0 Å². The molecule has 2 aliphatic rings. The first-order valence-corrected chi connectivity index (χ1v) is 10.7. The lowest BCUT2D eigenvalue weighted by molar-refractivity contribution is -0.132. The predicted octanol–water partition coefficient (Wildman–Crippen LogP) is 1.66. The van der Waals surface area contributed by atoms with Gasteiger partial charge in [-0.15, -0.1) is 5.10 Å². The third kappa shape index (κ3) is 4.79. The van der Waals surface area contributed by atoms with Gasteiger partial charge >= 0.3 is 0 Å². The van der Waals surface area contributed by atoms with Crippen LogP contribution in [0.2, 0.25) is 0 Å². The minimum Gasteiger partial charge on any atom is -0.496 e. The molecular weight excluding hydrogens is 384 g/mol. The van der Waals surface area contributed by atoms with E-state index in [1.807, 2.05) is 27.8 Å². The van der Waals surface area contributed by atoms with Crippen molar-refractivity contribution in [1.82, 2.24) is 30.0 Å². The maximum absolute atomic E-state index is 13.0. The zero-order valence-electron chi connectivity index (χ0n) is 17.6. The molecule has 1 atom stereocenters. The highest BCUT2D eigenvalue weighted by molar-refractivity contribution is 5.77. The van der Waals surface area contributed by atoms with Crippen molar-refractivity contribution in [3.05, 3.63) is 35.7 Å². The molecule has 0 N–H and O–H groups in total. The third-order valence-corrected chi connectivity index (χ3v) is 5.91. The number of carbonyl (C=O) groups excluding carboxylic acids is 1. The standard InChI is InChI=1S/C21H30N6O3/c1-29-19-8-3-2-6-17(19)18-7-4-10-26(18)21(28)9-5-11-27-20(22-23-24-27)16-25-12-14-30-15-13-25/h2-3,6,8,18H,4-5,7,9-16H2,1H3/t18-/m0/s1. The van der Waals surface area contributed by atoms with Crippen LogP contribution in [0.5, 0.6) is 5.75 Å². The van der Waals surface area contributed by atoms with Gasteiger partial charge in [-0.1, -0.05) is 18.2 Å². The largest absolute Gasteiger partial charge is 0.496 e. The average Bonchev–Trinajstić information content (AvgIpc) is 3.44. The Balaban J connectivity index is 1.31. The molecule has 3 heterocycles. The van der Waals surface area contributed by atoms with Crippen molar-refractivity contribution in [3.63, 3.8) is 0 Å². The van der Waals surface area contributed by atoms with Gasteiger partial charge in [-0.05, 0) is 35.8 Å². The first-order valence-electron chi connectivity index (χ1n) is 10.7. The lowest BCUT2D eigenvalue weighted by Crippen LogP contribution is -2.36. The molecule has 162 valence electrons. The zero-order chi connectivity index (χ0) is 20.8. The summed E-state index contributed by atoms with van der Waals surface area (Å²) in [5.41, 5.74) is 1.10. The van der Waals surface area contributed by atoms with E-state index in [1.165, 1.54) is 0 Å². The summed E-state index contributed by atoms with van der Waals surface area (Å²) < 4.78 is 12.7. The van der Waals surface area contributed by atoms with Gasteiger partial charge in [0.15, 0.2) is 5.82 Å². The summed E-state index contributed by atoms with van der Waals surface area (Å²) in [6, 6.07) is 8.09. The van der Waals surface area contributed by atoms with Crippen molar-refractivity contribution in [2.24, 2.45) is 0 Å². The predicted molar refractivity (Wildman–Crippen MR) is 110 cm³/mol. The topological polar surface area (TPSA) is 85.6 Å². The number of likely N-dealkylation sites (tertiary alicyclic amines) is 1. The molecule has 0 spiro atoms. The van der Waals surface area contributed by atoms with Gasteiger partial charge in [0.1, 0.15) is 5.75 Å². The quantitative estimate of drug-likeness (QED) is 0.649. The number of methoxy groups -OCH3 is 1. The maximum atomic E-state index is 13.0. The van der Waals surface area contributed by atoms with E-state index in [4.69, 9.17) is 9.47 Å². The minimum absolute atomic E-state index is 0.0959. The van der Waals surface area contributed by atoms with E-state index in [-0.39, 0.29) is 11.9 Å². The summed E-state index contributed by atoms with van der Waals surface area (Å²) in [6.45, 7) is 5.44. The van der Waals surface area contributed by atoms with E-state index in [0.717, 1.165) is 69.2 Å². The second-order valence-electron chi connectivity index (χ2n) is 7.80. The second-order valence-corrected chi connectivity index (χ2v) is 7.80. The van der Waals surface area contributed by atoms with Crippen LogP contribution in [0.15, 0.2) is 24.3 Å². The Morgan fingerprint density at radius 3 is 2.90 bits per heavy atom. The zero-order valence-corrected chi connectivity index (χ0v) is 17.6. The number of nitrogens with zero attached hydrogens (tertiary/aromatic N) is 6. The summed E-state index contributed by atoms with van der Waals surface area (Å²) in [5, 5.41) is 12.1. The molecule has 1 amide bonds. The van der Waals surface area contributed by atoms with Gasteiger partial charge in [-0.2, -0.15) is 0 Å². The van der Waals surface area contributed by atoms with E-state index in [0.29, 0.717) is 19.5 Å². The monoisotopic (exact) mass is 414 g/mol. The molecular formula is C21H30N6O3. The van der Waals surface area contributed by atoms with E-state index in [9.17, 15) is 4.79 Å². The highest BCUT2D eigenvalue weighted by Gasteiger charge is 2.31. The van der Waals surface area contributed by atoms with Gasteiger partial charge in [-0.3, -0.25) is 9.69 Å². The Hall–Kier alpha value is -2.52. The van der Waals surface area contributed by atoms with Crippen LogP contribution in [0.1, 0.15) is 43.1 Å². The molecule has 30 heavy (non-hydrogen) atoms. The molecule has 9 nitrogen and oxygen atoms in total. The van der Waals surface area contributed by atoms with E-state index in [2.05, 4.69) is 26.5 Å². The molecule has 9 heteroatoms. The summed E-state index contributed by atoms with van der Waals surface area (Å²) in [4.78, 5) is 17.3. The minimum atomic E-state index is 0.0959. The van der Waals surface area contributed by atoms with Crippen LogP contribution < -0.4 is 4.74 Å². The number of benzene rings is 1. The molecule has 0 unspecified atom stereocenters. The molecule has 0 bridgehead atoms. The van der Waals surface area contributed by atoms with Crippen LogP contribution in [-0.4, -0.2) is 75.9 Å². The Morgan fingerprint density at radius 2 is 2.07 bits per heavy atom. The van der Waals surface area contributed by atoms with Crippen LogP contribution in [0.4, 0.5) is 0 Å². The molecule has 4 rings (SSSR count).